The van der Waals surface area contributed by atoms with Crippen LogP contribution in [0.15, 0.2) is 103 Å². The van der Waals surface area contributed by atoms with E-state index in [0.29, 0.717) is 63.4 Å². The summed E-state index contributed by atoms with van der Waals surface area (Å²) in [4.78, 5) is 56.2. The number of carbonyl (C=O) groups excluding carboxylic acids is 4. The lowest BCUT2D eigenvalue weighted by atomic mass is 9.72. The summed E-state index contributed by atoms with van der Waals surface area (Å²) in [5, 5.41) is 11.9. The van der Waals surface area contributed by atoms with Gasteiger partial charge < -0.3 is 66.8 Å². The van der Waals surface area contributed by atoms with Gasteiger partial charge in [0.25, 0.3) is 52.3 Å². The van der Waals surface area contributed by atoms with Crippen molar-refractivity contribution in [1.29, 1.82) is 0 Å². The van der Waals surface area contributed by atoms with Gasteiger partial charge in [-0.3, -0.25) is 32.6 Å². The second-order valence-electron chi connectivity index (χ2n) is 24.5. The van der Waals surface area contributed by atoms with Crippen molar-refractivity contribution in [3.8, 4) is 0 Å². The number of aliphatic hydroxyl groups is 1. The predicted molar refractivity (Wildman–Crippen MR) is 365 cm³/mol. The molecular formula is C65H83N3O31S5. The third kappa shape index (κ3) is 20.5. The first kappa shape index (κ1) is 83.0. The van der Waals surface area contributed by atoms with Gasteiger partial charge in [0.05, 0.1) is 143 Å². The van der Waals surface area contributed by atoms with Crippen molar-refractivity contribution in [2.24, 2.45) is 0 Å². The zero-order chi connectivity index (χ0) is 76.0. The maximum atomic E-state index is 15.3. The van der Waals surface area contributed by atoms with Gasteiger partial charge in [-0.05, 0) is 104 Å². The van der Waals surface area contributed by atoms with Gasteiger partial charge in [-0.25, -0.2) is 13.2 Å². The number of hydroxylamine groups is 2. The van der Waals surface area contributed by atoms with E-state index in [2.05, 4.69) is 0 Å². The molecule has 3 heterocycles. The number of nitrogens with zero attached hydrogens (tertiary/aromatic N) is 3. The quantitative estimate of drug-likeness (QED) is 0.0138. The molecule has 39 heteroatoms. The molecule has 574 valence electrons. The highest BCUT2D eigenvalue weighted by Gasteiger charge is 2.52. The first-order valence-corrected chi connectivity index (χ1v) is 40.0. The van der Waals surface area contributed by atoms with Gasteiger partial charge in [0, 0.05) is 86.5 Å². The first-order valence-electron chi connectivity index (χ1n) is 32.6. The molecule has 0 spiro atoms. The standard InChI is InChI=1S/C65H83N3O31S5/c1-64(14-6-36-100(74,75)76)55(67(17-19-92-25-27-96-32-33-98-35-34-97-31-29-94-23-21-90-4)52-11-9-45-47(60(52)64)37-43(101(77,78)79)39-53(45)103(83,84)85)41-49-62(72)50(63(49)73)42-56-65(2,15-18-91-24-26-95-30-28-93-22-20-89-3)61-48-38-44(102(80,81)82)40-54(104(86,87)88)46(48)8-10-51(61)66(56)16-5-7-59(71)99-68-57(69)12-13-58(68)70/h8-11,37-42H,5-7,12-36H2,1-4H3,(H5-,72,73,74,75,76,77,78,79,80,81,82,83,84,85,86,87,88). The number of fused-ring (bicyclic) bond motifs is 6. The third-order valence-electron chi connectivity index (χ3n) is 17.5. The Morgan fingerprint density at radius 3 is 1.51 bits per heavy atom. The maximum absolute atomic E-state index is 15.3. The summed E-state index contributed by atoms with van der Waals surface area (Å²) in [5.74, 6) is -5.00. The molecular weight excluding hydrogens is 1480 g/mol. The largest absolute Gasteiger partial charge is 0.744 e. The lowest BCUT2D eigenvalue weighted by Crippen LogP contribution is -2.35. The number of hydrogen-bond donors (Lipinski definition) is 5. The van der Waals surface area contributed by atoms with Crippen LogP contribution in [0.2, 0.25) is 0 Å². The Morgan fingerprint density at radius 2 is 1.03 bits per heavy atom. The van der Waals surface area contributed by atoms with Crippen molar-refractivity contribution < 1.29 is 146 Å². The zero-order valence-electron chi connectivity index (χ0n) is 57.3. The van der Waals surface area contributed by atoms with Gasteiger partial charge in [-0.2, -0.15) is 38.2 Å². The summed E-state index contributed by atoms with van der Waals surface area (Å²) in [6.07, 6.45) is 0.625. The van der Waals surface area contributed by atoms with Crippen LogP contribution in [0.4, 0.5) is 11.4 Å². The molecule has 3 aliphatic heterocycles. The van der Waals surface area contributed by atoms with E-state index in [-0.39, 0.29) is 180 Å². The number of amides is 2. The van der Waals surface area contributed by atoms with Crippen molar-refractivity contribution in [3.05, 3.63) is 94.4 Å². The summed E-state index contributed by atoms with van der Waals surface area (Å²) < 4.78 is 240. The molecule has 0 radical (unpaired) electrons. The number of Topliss-reactive ketones (excluding diaryl/α,β-unsaturated/α-hetero) is 1. The second-order valence-corrected chi connectivity index (χ2v) is 31.7. The lowest BCUT2D eigenvalue weighted by Gasteiger charge is -2.32. The van der Waals surface area contributed by atoms with Crippen LogP contribution in [0.25, 0.3) is 21.5 Å². The Kier molecular flexibility index (Phi) is 28.6. The fourth-order valence-electron chi connectivity index (χ4n) is 12.6. The molecule has 2 amide bonds. The van der Waals surface area contributed by atoms with Crippen LogP contribution in [0.5, 0.6) is 0 Å². The molecule has 4 aliphatic rings. The van der Waals surface area contributed by atoms with E-state index in [1.54, 1.807) is 23.5 Å². The number of ether oxygens (including phenoxy) is 10. The van der Waals surface area contributed by atoms with Gasteiger partial charge in [-0.1, -0.05) is 6.07 Å². The Morgan fingerprint density at radius 1 is 0.558 bits per heavy atom. The fraction of sp³-hybridized carbons (Fsp3) is 0.523. The molecule has 0 bridgehead atoms. The van der Waals surface area contributed by atoms with Crippen LogP contribution >= 0.6 is 0 Å². The number of ketones is 1. The summed E-state index contributed by atoms with van der Waals surface area (Å²) in [5.41, 5.74) is -3.53. The van der Waals surface area contributed by atoms with Crippen LogP contribution in [0.1, 0.15) is 69.9 Å². The molecule has 0 saturated carbocycles. The molecule has 2 unspecified atom stereocenters. The number of allylic oxidation sites excluding steroid dienone is 5. The maximum Gasteiger partial charge on any atom is 0.333 e. The van der Waals surface area contributed by atoms with Gasteiger partial charge >= 0.3 is 5.97 Å². The molecule has 34 nitrogen and oxygen atoms in total. The van der Waals surface area contributed by atoms with Crippen LogP contribution < -0.4 is 4.90 Å². The Labute approximate surface area is 601 Å². The average molecular weight is 1560 g/mol. The van der Waals surface area contributed by atoms with Crippen molar-refractivity contribution in [2.45, 2.75) is 89.2 Å². The number of imide groups is 1. The Bertz CT molecular complexity index is 4600. The summed E-state index contributed by atoms with van der Waals surface area (Å²) in [7, 11) is -23.0. The Hall–Kier alpha value is -6.68. The van der Waals surface area contributed by atoms with Crippen molar-refractivity contribution >= 4 is 113 Å². The van der Waals surface area contributed by atoms with E-state index < -0.39 is 134 Å². The van der Waals surface area contributed by atoms with Crippen LogP contribution in [0, 0.1) is 0 Å². The normalized spacial score (nSPS) is 18.9. The SMILES string of the molecule is COCCOCCOCCOCCOCCOCC[N+]1=C(/C=C2/C(=O)C(/C=C3/N(CCCC(=O)ON4C(=O)CCC4=O)c4ccc5c(S(=O)(=O)[O-])cc(S(=O)(=O)O)cc5c4C3(C)CCOCCOCCOCCOC)=C2O)C(C)(CCCS(=O)(=O)O)c2c1ccc1c(S(=O)(=O)O)cc(S(=O)(=O)O)cc21. The van der Waals surface area contributed by atoms with E-state index in [1.165, 1.54) is 50.5 Å². The van der Waals surface area contributed by atoms with E-state index in [9.17, 15) is 84.3 Å². The number of hydrogen-bond acceptors (Lipinski definition) is 28. The molecule has 1 aliphatic carbocycles. The molecule has 0 aromatic heterocycles. The highest BCUT2D eigenvalue weighted by molar-refractivity contribution is 7.87. The number of carbonyl (C=O) groups is 4. The summed E-state index contributed by atoms with van der Waals surface area (Å²) in [6, 6.07) is 8.13. The minimum absolute atomic E-state index is 0.00452. The third-order valence-corrected chi connectivity index (χ3v) is 21.8. The minimum Gasteiger partial charge on any atom is -0.744 e. The lowest BCUT2D eigenvalue weighted by molar-refractivity contribution is -0.442. The van der Waals surface area contributed by atoms with Gasteiger partial charge in [0.1, 0.15) is 27.4 Å². The van der Waals surface area contributed by atoms with E-state index in [0.717, 1.165) is 12.1 Å². The van der Waals surface area contributed by atoms with Crippen molar-refractivity contribution in [3.63, 3.8) is 0 Å². The van der Waals surface area contributed by atoms with Crippen molar-refractivity contribution in [2.75, 3.05) is 157 Å². The molecule has 2 atom stereocenters. The fourth-order valence-corrected chi connectivity index (χ4v) is 15.8. The predicted octanol–water partition coefficient (Wildman–Crippen LogP) is 3.85. The van der Waals surface area contributed by atoms with Gasteiger partial charge in [-0.15, -0.1) is 5.06 Å². The number of rotatable bonds is 45. The second kappa shape index (κ2) is 35.8. The first-order chi connectivity index (χ1) is 49.1. The highest BCUT2D eigenvalue weighted by Crippen LogP contribution is 2.55. The molecule has 5 N–H and O–H groups in total. The number of methoxy groups -OCH3 is 2. The molecule has 1 saturated heterocycles. The minimum atomic E-state index is -5.54. The van der Waals surface area contributed by atoms with E-state index >= 15 is 4.79 Å². The zero-order valence-corrected chi connectivity index (χ0v) is 61.4. The van der Waals surface area contributed by atoms with E-state index in [4.69, 9.17) is 52.2 Å². The highest BCUT2D eigenvalue weighted by atomic mass is 32.2. The summed E-state index contributed by atoms with van der Waals surface area (Å²) >= 11 is 0. The van der Waals surface area contributed by atoms with Gasteiger partial charge in [0.2, 0.25) is 11.5 Å². The van der Waals surface area contributed by atoms with Gasteiger partial charge in [0.15, 0.2) is 12.3 Å². The number of aliphatic hydroxyl groups excluding tert-OH is 1. The molecule has 1 fully saturated rings. The number of anilines is 1. The number of benzene rings is 4. The molecule has 8 rings (SSSR count). The monoisotopic (exact) mass is 1560 g/mol. The summed E-state index contributed by atoms with van der Waals surface area (Å²) in [6.45, 7) is 6.11. The smallest absolute Gasteiger partial charge is 0.333 e. The molecule has 4 aromatic carbocycles. The topological polar surface area (TPSA) is 474 Å². The molecule has 104 heavy (non-hydrogen) atoms. The van der Waals surface area contributed by atoms with Crippen LogP contribution in [0.3, 0.4) is 0 Å². The van der Waals surface area contributed by atoms with Crippen molar-refractivity contribution in [1.82, 2.24) is 5.06 Å². The van der Waals surface area contributed by atoms with E-state index in [1.807, 2.05) is 0 Å². The van der Waals surface area contributed by atoms with Crippen LogP contribution in [-0.2, 0) is 133 Å². The molecule has 4 aromatic rings. The van der Waals surface area contributed by atoms with Crippen LogP contribution in [-0.4, -0.2) is 261 Å². The average Bonchev–Trinajstić information content (AvgIpc) is 1.54. The Balaban J connectivity index is 1.23.